The number of amides is 1. The maximum Gasteiger partial charge on any atom is 0.263 e. The van der Waals surface area contributed by atoms with Gasteiger partial charge in [-0.2, -0.15) is 10.5 Å². The van der Waals surface area contributed by atoms with Gasteiger partial charge < -0.3 is 9.64 Å². The van der Waals surface area contributed by atoms with Crippen LogP contribution in [0.15, 0.2) is 18.2 Å². The molecule has 1 aromatic carbocycles. The molecule has 1 atom stereocenters. The minimum Gasteiger partial charge on any atom is -0.479 e. The summed E-state index contributed by atoms with van der Waals surface area (Å²) in [4.78, 5) is 13.4. The lowest BCUT2D eigenvalue weighted by molar-refractivity contribution is -0.136. The van der Waals surface area contributed by atoms with Crippen LogP contribution in [0.4, 0.5) is 0 Å². The molecular formula is C14H14ClN3O2. The van der Waals surface area contributed by atoms with Crippen LogP contribution in [0.25, 0.3) is 0 Å². The van der Waals surface area contributed by atoms with E-state index in [1.54, 1.807) is 26.1 Å². The zero-order valence-electron chi connectivity index (χ0n) is 11.3. The molecule has 1 rings (SSSR count). The maximum absolute atomic E-state index is 12.0. The molecule has 0 radical (unpaired) electrons. The highest BCUT2D eigenvalue weighted by Crippen LogP contribution is 2.26. The molecule has 0 bridgehead atoms. The van der Waals surface area contributed by atoms with E-state index < -0.39 is 6.10 Å². The lowest BCUT2D eigenvalue weighted by Crippen LogP contribution is -2.38. The molecule has 0 spiro atoms. The molecular weight excluding hydrogens is 278 g/mol. The zero-order valence-corrected chi connectivity index (χ0v) is 12.0. The number of benzene rings is 1. The number of rotatable bonds is 5. The van der Waals surface area contributed by atoms with E-state index in [9.17, 15) is 4.79 Å². The third-order valence-electron chi connectivity index (χ3n) is 2.65. The Morgan fingerprint density at radius 2 is 2.20 bits per heavy atom. The Morgan fingerprint density at radius 1 is 1.50 bits per heavy atom. The van der Waals surface area contributed by atoms with E-state index in [2.05, 4.69) is 0 Å². The van der Waals surface area contributed by atoms with Gasteiger partial charge in [0.15, 0.2) is 6.10 Å². The van der Waals surface area contributed by atoms with Gasteiger partial charge >= 0.3 is 0 Å². The minimum absolute atomic E-state index is 0.235. The van der Waals surface area contributed by atoms with Gasteiger partial charge in [-0.05, 0) is 25.1 Å². The summed E-state index contributed by atoms with van der Waals surface area (Å²) in [6.45, 7) is 1.96. The van der Waals surface area contributed by atoms with Crippen LogP contribution >= 0.6 is 11.6 Å². The van der Waals surface area contributed by atoms with Gasteiger partial charge in [0.25, 0.3) is 5.91 Å². The van der Waals surface area contributed by atoms with Crippen LogP contribution in [0.5, 0.6) is 5.75 Å². The first kappa shape index (κ1) is 15.8. The Labute approximate surface area is 122 Å². The maximum atomic E-state index is 12.0. The number of nitriles is 2. The molecule has 0 N–H and O–H groups in total. The molecule has 0 unspecified atom stereocenters. The van der Waals surface area contributed by atoms with Crippen molar-refractivity contribution in [2.45, 2.75) is 19.4 Å². The van der Waals surface area contributed by atoms with Crippen LogP contribution in [0, 0.1) is 22.7 Å². The Kier molecular flexibility index (Phi) is 5.83. The van der Waals surface area contributed by atoms with E-state index in [1.807, 2.05) is 12.1 Å². The number of carbonyl (C=O) groups excluding carboxylic acids is 1. The summed E-state index contributed by atoms with van der Waals surface area (Å²) in [6.07, 6.45) is -0.448. The van der Waals surface area contributed by atoms with Gasteiger partial charge in [-0.1, -0.05) is 11.6 Å². The summed E-state index contributed by atoms with van der Waals surface area (Å²) in [5.74, 6) is 0.112. The first-order valence-electron chi connectivity index (χ1n) is 5.97. The van der Waals surface area contributed by atoms with Crippen LogP contribution in [0.3, 0.4) is 0 Å². The SMILES string of the molecule is C[C@@H](Oc1ccc(C#N)cc1Cl)C(=O)N(C)CCC#N. The second kappa shape index (κ2) is 7.37. The van der Waals surface area contributed by atoms with Gasteiger partial charge in [0, 0.05) is 13.6 Å². The average molecular weight is 292 g/mol. The first-order valence-corrected chi connectivity index (χ1v) is 6.35. The molecule has 0 aromatic heterocycles. The Bertz CT molecular complexity index is 575. The van der Waals surface area contributed by atoms with Gasteiger partial charge in [-0.15, -0.1) is 0 Å². The fourth-order valence-electron chi connectivity index (χ4n) is 1.55. The number of ether oxygens (including phenoxy) is 1. The molecule has 0 fully saturated rings. The number of nitrogens with zero attached hydrogens (tertiary/aromatic N) is 3. The Morgan fingerprint density at radius 3 is 2.75 bits per heavy atom. The number of carbonyl (C=O) groups is 1. The van der Waals surface area contributed by atoms with Crippen molar-refractivity contribution >= 4 is 17.5 Å². The molecule has 0 aliphatic carbocycles. The number of hydrogen-bond donors (Lipinski definition) is 0. The fourth-order valence-corrected chi connectivity index (χ4v) is 1.77. The lowest BCUT2D eigenvalue weighted by atomic mass is 10.2. The van der Waals surface area contributed by atoms with Crippen LogP contribution in [0.1, 0.15) is 18.9 Å². The quantitative estimate of drug-likeness (QED) is 0.834. The third kappa shape index (κ3) is 4.15. The minimum atomic E-state index is -0.718. The largest absolute Gasteiger partial charge is 0.479 e. The normalized spacial score (nSPS) is 11.1. The van der Waals surface area contributed by atoms with E-state index in [-0.39, 0.29) is 17.4 Å². The van der Waals surface area contributed by atoms with Gasteiger partial charge in [0.2, 0.25) is 0 Å². The van der Waals surface area contributed by atoms with Crippen molar-refractivity contribution in [3.63, 3.8) is 0 Å². The van der Waals surface area contributed by atoms with Crippen molar-refractivity contribution in [1.29, 1.82) is 10.5 Å². The molecule has 0 heterocycles. The average Bonchev–Trinajstić information content (AvgIpc) is 2.45. The highest BCUT2D eigenvalue weighted by Gasteiger charge is 2.19. The van der Waals surface area contributed by atoms with E-state index >= 15 is 0 Å². The second-order valence-corrected chi connectivity index (χ2v) is 4.59. The molecule has 0 saturated carbocycles. The summed E-state index contributed by atoms with van der Waals surface area (Å²) in [5, 5.41) is 17.5. The molecule has 0 saturated heterocycles. The first-order chi connectivity index (χ1) is 9.49. The molecule has 104 valence electrons. The van der Waals surface area contributed by atoms with Crippen LogP contribution in [-0.2, 0) is 4.79 Å². The van der Waals surface area contributed by atoms with Gasteiger partial charge in [0.05, 0.1) is 29.1 Å². The fraction of sp³-hybridized carbons (Fsp3) is 0.357. The zero-order chi connectivity index (χ0) is 15.1. The summed E-state index contributed by atoms with van der Waals surface area (Å²) < 4.78 is 5.49. The second-order valence-electron chi connectivity index (χ2n) is 4.18. The van der Waals surface area contributed by atoms with Crippen molar-refractivity contribution in [2.75, 3.05) is 13.6 Å². The third-order valence-corrected chi connectivity index (χ3v) is 2.94. The Hall–Kier alpha value is -2.24. The topological polar surface area (TPSA) is 77.1 Å². The summed E-state index contributed by atoms with van der Waals surface area (Å²) in [5.41, 5.74) is 0.424. The lowest BCUT2D eigenvalue weighted by Gasteiger charge is -2.21. The van der Waals surface area contributed by atoms with E-state index in [4.69, 9.17) is 26.9 Å². The van der Waals surface area contributed by atoms with Crippen molar-refractivity contribution < 1.29 is 9.53 Å². The monoisotopic (exact) mass is 291 g/mol. The van der Waals surface area contributed by atoms with Crippen LogP contribution in [0.2, 0.25) is 5.02 Å². The predicted octanol–water partition coefficient (Wildman–Crippen LogP) is 2.35. The van der Waals surface area contributed by atoms with Crippen molar-refractivity contribution in [1.82, 2.24) is 4.90 Å². The smallest absolute Gasteiger partial charge is 0.263 e. The molecule has 1 amide bonds. The predicted molar refractivity (Wildman–Crippen MR) is 74.1 cm³/mol. The van der Waals surface area contributed by atoms with Crippen molar-refractivity contribution in [3.05, 3.63) is 28.8 Å². The van der Waals surface area contributed by atoms with Gasteiger partial charge in [-0.25, -0.2) is 0 Å². The highest BCUT2D eigenvalue weighted by molar-refractivity contribution is 6.32. The van der Waals surface area contributed by atoms with Crippen molar-refractivity contribution in [2.24, 2.45) is 0 Å². The molecule has 20 heavy (non-hydrogen) atoms. The van der Waals surface area contributed by atoms with E-state index in [1.165, 1.54) is 11.0 Å². The van der Waals surface area contributed by atoms with Crippen LogP contribution in [-0.4, -0.2) is 30.5 Å². The standard InChI is InChI=1S/C14H14ClN3O2/c1-10(14(19)18(2)7-3-6-16)20-13-5-4-11(9-17)8-12(13)15/h4-5,8,10H,3,7H2,1-2H3/t10-/m1/s1. The summed E-state index contributed by atoms with van der Waals surface area (Å²) >= 11 is 5.98. The summed E-state index contributed by atoms with van der Waals surface area (Å²) in [7, 11) is 1.61. The van der Waals surface area contributed by atoms with E-state index in [0.29, 0.717) is 17.9 Å². The molecule has 6 heteroatoms. The molecule has 1 aromatic rings. The summed E-state index contributed by atoms with van der Waals surface area (Å²) in [6, 6.07) is 8.55. The number of hydrogen-bond acceptors (Lipinski definition) is 4. The molecule has 5 nitrogen and oxygen atoms in total. The van der Waals surface area contributed by atoms with Crippen LogP contribution < -0.4 is 4.74 Å². The highest BCUT2D eigenvalue weighted by atomic mass is 35.5. The van der Waals surface area contributed by atoms with Gasteiger partial charge in [-0.3, -0.25) is 4.79 Å². The van der Waals surface area contributed by atoms with Gasteiger partial charge in [0.1, 0.15) is 5.75 Å². The number of likely N-dealkylation sites (N-methyl/N-ethyl adjacent to an activating group) is 1. The number of halogens is 1. The van der Waals surface area contributed by atoms with E-state index in [0.717, 1.165) is 0 Å². The Balaban J connectivity index is 2.71. The van der Waals surface area contributed by atoms with Crippen molar-refractivity contribution in [3.8, 4) is 17.9 Å². The molecule has 0 aliphatic heterocycles. The molecule has 0 aliphatic rings.